The molecule has 0 bridgehead atoms. The molecule has 0 aromatic carbocycles. The van der Waals surface area contributed by atoms with Crippen LogP contribution in [0, 0.1) is 0 Å². The Labute approximate surface area is 110 Å². The molecular formula is C14H26N2O2. The number of piperidine rings is 1. The Morgan fingerprint density at radius 2 is 2.06 bits per heavy atom. The number of nitrogens with one attached hydrogen (secondary N) is 1. The fraction of sp³-hybridized carbons (Fsp3) is 0.929. The van der Waals surface area contributed by atoms with Gasteiger partial charge in [0.25, 0.3) is 0 Å². The van der Waals surface area contributed by atoms with Crippen LogP contribution >= 0.6 is 0 Å². The van der Waals surface area contributed by atoms with Gasteiger partial charge < -0.3 is 9.64 Å². The number of esters is 1. The number of hydrogen-bond donors (Lipinski definition) is 1. The first-order chi connectivity index (χ1) is 8.57. The smallest absolute Gasteiger partial charge is 0.326 e. The van der Waals surface area contributed by atoms with Crippen LogP contribution in [0.5, 0.6) is 0 Å². The van der Waals surface area contributed by atoms with Gasteiger partial charge in [0.2, 0.25) is 0 Å². The van der Waals surface area contributed by atoms with E-state index in [1.165, 1.54) is 32.8 Å². The molecule has 4 heteroatoms. The zero-order valence-electron chi connectivity index (χ0n) is 11.9. The van der Waals surface area contributed by atoms with Crippen LogP contribution in [0.3, 0.4) is 0 Å². The first-order valence-electron chi connectivity index (χ1n) is 7.14. The number of hydrogen-bond acceptors (Lipinski definition) is 4. The highest BCUT2D eigenvalue weighted by molar-refractivity contribution is 5.81. The maximum Gasteiger partial charge on any atom is 0.326 e. The lowest BCUT2D eigenvalue weighted by molar-refractivity contribution is -0.152. The summed E-state index contributed by atoms with van der Waals surface area (Å²) in [5.41, 5.74) is -0.449. The van der Waals surface area contributed by atoms with E-state index in [0.717, 1.165) is 19.4 Å². The van der Waals surface area contributed by atoms with Crippen molar-refractivity contribution in [2.45, 2.75) is 63.1 Å². The van der Waals surface area contributed by atoms with Gasteiger partial charge in [-0.15, -0.1) is 0 Å². The molecule has 2 unspecified atom stereocenters. The van der Waals surface area contributed by atoms with E-state index in [9.17, 15) is 4.79 Å². The van der Waals surface area contributed by atoms with Crippen molar-refractivity contribution in [3.63, 3.8) is 0 Å². The molecule has 0 amide bonds. The van der Waals surface area contributed by atoms with E-state index in [2.05, 4.69) is 24.2 Å². The second-order valence-electron chi connectivity index (χ2n) is 5.98. The maximum atomic E-state index is 12.2. The van der Waals surface area contributed by atoms with E-state index < -0.39 is 5.54 Å². The van der Waals surface area contributed by atoms with Gasteiger partial charge in [-0.2, -0.15) is 0 Å². The summed E-state index contributed by atoms with van der Waals surface area (Å²) in [4.78, 5) is 14.5. The van der Waals surface area contributed by atoms with Crippen molar-refractivity contribution in [3.8, 4) is 0 Å². The van der Waals surface area contributed by atoms with Crippen LogP contribution in [0.1, 0.15) is 45.4 Å². The van der Waals surface area contributed by atoms with Crippen LogP contribution in [0.2, 0.25) is 0 Å². The van der Waals surface area contributed by atoms with Gasteiger partial charge in [-0.05, 0) is 39.7 Å². The van der Waals surface area contributed by atoms with E-state index in [1.54, 1.807) is 0 Å². The van der Waals surface area contributed by atoms with Gasteiger partial charge >= 0.3 is 5.97 Å². The molecule has 2 atom stereocenters. The van der Waals surface area contributed by atoms with Gasteiger partial charge in [-0.3, -0.25) is 10.1 Å². The summed E-state index contributed by atoms with van der Waals surface area (Å²) < 4.78 is 5.07. The Morgan fingerprint density at radius 3 is 2.61 bits per heavy atom. The molecule has 2 rings (SSSR count). The van der Waals surface area contributed by atoms with Crippen molar-refractivity contribution in [2.24, 2.45) is 0 Å². The molecule has 1 aliphatic carbocycles. The summed E-state index contributed by atoms with van der Waals surface area (Å²) in [6.07, 6.45) is 6.67. The largest absolute Gasteiger partial charge is 0.468 e. The molecule has 18 heavy (non-hydrogen) atoms. The standard InChI is InChI=1S/C14H26N2O2/c1-11-10-14(13(17)18-3,8-9-16(11)2)15-12-6-4-5-7-12/h11-12,15H,4-10H2,1-3H3. The average Bonchev–Trinajstić information content (AvgIpc) is 2.85. The van der Waals surface area contributed by atoms with Gasteiger partial charge in [-0.25, -0.2) is 0 Å². The Morgan fingerprint density at radius 1 is 1.39 bits per heavy atom. The van der Waals surface area contributed by atoms with Gasteiger partial charge in [-0.1, -0.05) is 12.8 Å². The van der Waals surface area contributed by atoms with Gasteiger partial charge in [0.15, 0.2) is 0 Å². The van der Waals surface area contributed by atoms with Crippen molar-refractivity contribution in [3.05, 3.63) is 0 Å². The predicted molar refractivity (Wildman–Crippen MR) is 71.5 cm³/mol. The fourth-order valence-corrected chi connectivity index (χ4v) is 3.38. The minimum Gasteiger partial charge on any atom is -0.468 e. The van der Waals surface area contributed by atoms with Crippen LogP contribution in [0.25, 0.3) is 0 Å². The number of ether oxygens (including phenoxy) is 1. The Bertz CT molecular complexity index is 302. The molecule has 2 aliphatic rings. The number of nitrogens with zero attached hydrogens (tertiary/aromatic N) is 1. The summed E-state index contributed by atoms with van der Waals surface area (Å²) in [7, 11) is 3.63. The summed E-state index contributed by atoms with van der Waals surface area (Å²) in [5.74, 6) is -0.0747. The maximum absolute atomic E-state index is 12.2. The van der Waals surface area contributed by atoms with Crippen LogP contribution in [0.15, 0.2) is 0 Å². The number of methoxy groups -OCH3 is 1. The molecule has 1 saturated carbocycles. The molecule has 1 aliphatic heterocycles. The minimum atomic E-state index is -0.449. The Balaban J connectivity index is 2.10. The molecule has 0 aromatic rings. The Kier molecular flexibility index (Phi) is 4.28. The van der Waals surface area contributed by atoms with Crippen molar-refractivity contribution in [1.82, 2.24) is 10.2 Å². The zero-order valence-corrected chi connectivity index (χ0v) is 11.9. The van der Waals surface area contributed by atoms with Crippen LogP contribution in [0.4, 0.5) is 0 Å². The van der Waals surface area contributed by atoms with Crippen molar-refractivity contribution in [2.75, 3.05) is 20.7 Å². The predicted octanol–water partition coefficient (Wildman–Crippen LogP) is 1.54. The molecule has 104 valence electrons. The first-order valence-corrected chi connectivity index (χ1v) is 7.14. The highest BCUT2D eigenvalue weighted by atomic mass is 16.5. The van der Waals surface area contributed by atoms with E-state index >= 15 is 0 Å². The van der Waals surface area contributed by atoms with E-state index in [1.807, 2.05) is 0 Å². The van der Waals surface area contributed by atoms with Gasteiger partial charge in [0, 0.05) is 18.6 Å². The lowest BCUT2D eigenvalue weighted by Gasteiger charge is -2.44. The van der Waals surface area contributed by atoms with Gasteiger partial charge in [0.05, 0.1) is 7.11 Å². The second-order valence-corrected chi connectivity index (χ2v) is 5.98. The third-order valence-electron chi connectivity index (χ3n) is 4.70. The molecule has 1 saturated heterocycles. The summed E-state index contributed by atoms with van der Waals surface area (Å²) in [5, 5.41) is 3.63. The van der Waals surface area contributed by atoms with Crippen molar-refractivity contribution in [1.29, 1.82) is 0 Å². The third kappa shape index (κ3) is 2.69. The zero-order chi connectivity index (χ0) is 13.2. The average molecular weight is 254 g/mol. The quantitative estimate of drug-likeness (QED) is 0.776. The van der Waals surface area contributed by atoms with Crippen molar-refractivity contribution >= 4 is 5.97 Å². The molecule has 0 aromatic heterocycles. The Hall–Kier alpha value is -0.610. The molecule has 1 N–H and O–H groups in total. The molecule has 0 radical (unpaired) electrons. The monoisotopic (exact) mass is 254 g/mol. The fourth-order valence-electron chi connectivity index (χ4n) is 3.38. The summed E-state index contributed by atoms with van der Waals surface area (Å²) >= 11 is 0. The minimum absolute atomic E-state index is 0.0747. The first kappa shape index (κ1) is 13.8. The molecule has 1 heterocycles. The third-order valence-corrected chi connectivity index (χ3v) is 4.70. The molecule has 2 fully saturated rings. The topological polar surface area (TPSA) is 41.6 Å². The highest BCUT2D eigenvalue weighted by Gasteiger charge is 2.45. The number of likely N-dealkylation sites (tertiary alicyclic amines) is 1. The van der Waals surface area contributed by atoms with E-state index in [0.29, 0.717) is 12.1 Å². The van der Waals surface area contributed by atoms with Crippen LogP contribution < -0.4 is 5.32 Å². The van der Waals surface area contributed by atoms with Crippen molar-refractivity contribution < 1.29 is 9.53 Å². The molecule has 0 spiro atoms. The van der Waals surface area contributed by atoms with Gasteiger partial charge in [0.1, 0.15) is 5.54 Å². The highest BCUT2D eigenvalue weighted by Crippen LogP contribution is 2.30. The summed E-state index contributed by atoms with van der Waals surface area (Å²) in [6, 6.07) is 0.923. The number of carbonyl (C=O) groups excluding carboxylic acids is 1. The SMILES string of the molecule is COC(=O)C1(NC2CCCC2)CCN(C)C(C)C1. The number of rotatable bonds is 3. The molecular weight excluding hydrogens is 228 g/mol. The van der Waals surface area contributed by atoms with E-state index in [-0.39, 0.29) is 5.97 Å². The lowest BCUT2D eigenvalue weighted by atomic mass is 9.83. The second kappa shape index (κ2) is 5.57. The molecule has 4 nitrogen and oxygen atoms in total. The summed E-state index contributed by atoms with van der Waals surface area (Å²) in [6.45, 7) is 3.14. The normalized spacial score (nSPS) is 34.7. The van der Waals surface area contributed by atoms with Crippen LogP contribution in [-0.2, 0) is 9.53 Å². The lowest BCUT2D eigenvalue weighted by Crippen LogP contribution is -2.62. The van der Waals surface area contributed by atoms with E-state index in [4.69, 9.17) is 4.74 Å². The van der Waals surface area contributed by atoms with Crippen LogP contribution in [-0.4, -0.2) is 49.2 Å². The number of carbonyl (C=O) groups is 1.